The van der Waals surface area contributed by atoms with E-state index in [1.807, 2.05) is 0 Å². The molecular formula is C13H16N4O2. The van der Waals surface area contributed by atoms with Gasteiger partial charge >= 0.3 is 5.97 Å². The molecule has 1 aliphatic rings. The van der Waals surface area contributed by atoms with Gasteiger partial charge in [0.2, 0.25) is 0 Å². The number of hydrogen-bond acceptors (Lipinski definition) is 4. The lowest BCUT2D eigenvalue weighted by molar-refractivity contribution is 0.0696. The van der Waals surface area contributed by atoms with E-state index in [-0.39, 0.29) is 5.56 Å². The molecule has 100 valence electrons. The highest BCUT2D eigenvalue weighted by molar-refractivity contribution is 5.87. The average Bonchev–Trinajstić information content (AvgIpc) is 2.95. The van der Waals surface area contributed by atoms with Crippen LogP contribution in [0.25, 0.3) is 5.65 Å². The molecule has 2 aromatic rings. The van der Waals surface area contributed by atoms with E-state index in [0.29, 0.717) is 11.7 Å². The van der Waals surface area contributed by atoms with Crippen molar-refractivity contribution < 1.29 is 9.90 Å². The van der Waals surface area contributed by atoms with E-state index in [1.165, 1.54) is 19.0 Å². The molecule has 0 aliphatic carbocycles. The molecule has 19 heavy (non-hydrogen) atoms. The number of aromatic nitrogens is 3. The number of likely N-dealkylation sites (tertiary alicyclic amines) is 1. The van der Waals surface area contributed by atoms with Crippen LogP contribution in [0.4, 0.5) is 0 Å². The van der Waals surface area contributed by atoms with Gasteiger partial charge in [-0.3, -0.25) is 0 Å². The van der Waals surface area contributed by atoms with E-state index in [9.17, 15) is 4.79 Å². The van der Waals surface area contributed by atoms with Gasteiger partial charge in [0.1, 0.15) is 0 Å². The zero-order valence-corrected chi connectivity index (χ0v) is 10.8. The highest BCUT2D eigenvalue weighted by atomic mass is 16.4. The standard InChI is InChI=1S/C13H16N4O2/c1-16-6-2-3-10(16)7-11-14-12-5-4-9(13(18)19)8-17(12)15-11/h4-5,8,10H,2-3,6-7H2,1H3,(H,18,19). The number of pyridine rings is 1. The van der Waals surface area contributed by atoms with Crippen LogP contribution in [0.5, 0.6) is 0 Å². The van der Waals surface area contributed by atoms with Crippen LogP contribution in [0.3, 0.4) is 0 Å². The zero-order chi connectivity index (χ0) is 13.4. The Morgan fingerprint density at radius 3 is 3.05 bits per heavy atom. The van der Waals surface area contributed by atoms with Crippen molar-refractivity contribution in [1.82, 2.24) is 19.5 Å². The number of aromatic carboxylic acids is 1. The summed E-state index contributed by atoms with van der Waals surface area (Å²) in [6.07, 6.45) is 4.72. The minimum Gasteiger partial charge on any atom is -0.478 e. The molecule has 0 radical (unpaired) electrons. The Morgan fingerprint density at radius 2 is 2.37 bits per heavy atom. The predicted molar refractivity (Wildman–Crippen MR) is 69.3 cm³/mol. The Balaban J connectivity index is 1.87. The summed E-state index contributed by atoms with van der Waals surface area (Å²) in [5, 5.41) is 13.3. The molecule has 0 bridgehead atoms. The van der Waals surface area contributed by atoms with Gasteiger partial charge in [-0.1, -0.05) is 0 Å². The number of carboxylic acids is 1. The van der Waals surface area contributed by atoms with Crippen molar-refractivity contribution in [3.63, 3.8) is 0 Å². The Labute approximate surface area is 110 Å². The molecule has 1 N–H and O–H groups in total. The van der Waals surface area contributed by atoms with Gasteiger partial charge in [0.15, 0.2) is 11.5 Å². The van der Waals surface area contributed by atoms with Gasteiger partial charge in [0, 0.05) is 18.7 Å². The normalized spacial score (nSPS) is 20.2. The van der Waals surface area contributed by atoms with Gasteiger partial charge in [0.25, 0.3) is 0 Å². The Bertz CT molecular complexity index is 622. The molecule has 6 nitrogen and oxygen atoms in total. The van der Waals surface area contributed by atoms with Gasteiger partial charge in [-0.2, -0.15) is 5.10 Å². The smallest absolute Gasteiger partial charge is 0.337 e. The van der Waals surface area contributed by atoms with E-state index in [0.717, 1.165) is 18.8 Å². The zero-order valence-electron chi connectivity index (χ0n) is 10.8. The Hall–Kier alpha value is -1.95. The molecule has 6 heteroatoms. The second-order valence-corrected chi connectivity index (χ2v) is 5.03. The number of fused-ring (bicyclic) bond motifs is 1. The predicted octanol–water partition coefficient (Wildman–Crippen LogP) is 1.06. The SMILES string of the molecule is CN1CCCC1Cc1nc2ccc(C(=O)O)cn2n1. The maximum Gasteiger partial charge on any atom is 0.337 e. The average molecular weight is 260 g/mol. The van der Waals surface area contributed by atoms with E-state index in [4.69, 9.17) is 5.11 Å². The van der Waals surface area contributed by atoms with Crippen molar-refractivity contribution in [3.8, 4) is 0 Å². The van der Waals surface area contributed by atoms with Crippen LogP contribution in [0, 0.1) is 0 Å². The fourth-order valence-corrected chi connectivity index (χ4v) is 2.59. The van der Waals surface area contributed by atoms with Crippen molar-refractivity contribution >= 4 is 11.6 Å². The van der Waals surface area contributed by atoms with E-state index < -0.39 is 5.97 Å². The lowest BCUT2D eigenvalue weighted by Crippen LogP contribution is -2.27. The van der Waals surface area contributed by atoms with Crippen molar-refractivity contribution in [3.05, 3.63) is 29.7 Å². The van der Waals surface area contributed by atoms with Gasteiger partial charge in [-0.15, -0.1) is 0 Å². The fraction of sp³-hybridized carbons (Fsp3) is 0.462. The molecule has 0 saturated carbocycles. The summed E-state index contributed by atoms with van der Waals surface area (Å²) < 4.78 is 1.55. The highest BCUT2D eigenvalue weighted by Gasteiger charge is 2.22. The molecule has 1 aliphatic heterocycles. The van der Waals surface area contributed by atoms with Crippen LogP contribution in [-0.4, -0.2) is 50.2 Å². The van der Waals surface area contributed by atoms with Crippen LogP contribution in [-0.2, 0) is 6.42 Å². The third-order valence-electron chi connectivity index (χ3n) is 3.71. The van der Waals surface area contributed by atoms with Crippen molar-refractivity contribution in [1.29, 1.82) is 0 Å². The van der Waals surface area contributed by atoms with Gasteiger partial charge in [-0.05, 0) is 38.6 Å². The highest BCUT2D eigenvalue weighted by Crippen LogP contribution is 2.18. The molecule has 1 atom stereocenters. The number of nitrogens with zero attached hydrogens (tertiary/aromatic N) is 4. The largest absolute Gasteiger partial charge is 0.478 e. The monoisotopic (exact) mass is 260 g/mol. The van der Waals surface area contributed by atoms with Gasteiger partial charge < -0.3 is 10.0 Å². The number of carbonyl (C=O) groups is 1. The second-order valence-electron chi connectivity index (χ2n) is 5.03. The van der Waals surface area contributed by atoms with Crippen LogP contribution in [0.2, 0.25) is 0 Å². The summed E-state index contributed by atoms with van der Waals surface area (Å²) in [7, 11) is 2.12. The first kappa shape index (κ1) is 12.1. The molecule has 0 aromatic carbocycles. The minimum atomic E-state index is -0.950. The molecule has 1 saturated heterocycles. The van der Waals surface area contributed by atoms with Crippen LogP contribution in [0.1, 0.15) is 29.0 Å². The van der Waals surface area contributed by atoms with Crippen LogP contribution >= 0.6 is 0 Å². The third kappa shape index (κ3) is 2.31. The Kier molecular flexibility index (Phi) is 2.94. The molecule has 3 heterocycles. The van der Waals surface area contributed by atoms with Crippen molar-refractivity contribution in [2.24, 2.45) is 0 Å². The van der Waals surface area contributed by atoms with E-state index in [1.54, 1.807) is 16.6 Å². The molecule has 1 fully saturated rings. The quantitative estimate of drug-likeness (QED) is 0.893. The summed E-state index contributed by atoms with van der Waals surface area (Å²) in [4.78, 5) is 17.7. The summed E-state index contributed by atoms with van der Waals surface area (Å²) in [5.74, 6) is -0.171. The molecular weight excluding hydrogens is 244 g/mol. The molecule has 0 amide bonds. The summed E-state index contributed by atoms with van der Waals surface area (Å²) >= 11 is 0. The third-order valence-corrected chi connectivity index (χ3v) is 3.71. The summed E-state index contributed by atoms with van der Waals surface area (Å²) in [5.41, 5.74) is 0.919. The maximum absolute atomic E-state index is 10.9. The Morgan fingerprint density at radius 1 is 1.53 bits per heavy atom. The summed E-state index contributed by atoms with van der Waals surface area (Å²) in [6, 6.07) is 3.74. The van der Waals surface area contributed by atoms with Gasteiger partial charge in [-0.25, -0.2) is 14.3 Å². The lowest BCUT2D eigenvalue weighted by atomic mass is 10.1. The number of likely N-dealkylation sites (N-methyl/N-ethyl adjacent to an activating group) is 1. The number of hydrogen-bond donors (Lipinski definition) is 1. The van der Waals surface area contributed by atoms with Crippen molar-refractivity contribution in [2.45, 2.75) is 25.3 Å². The molecule has 1 unspecified atom stereocenters. The first-order valence-electron chi connectivity index (χ1n) is 6.42. The second kappa shape index (κ2) is 4.62. The maximum atomic E-state index is 10.9. The number of carboxylic acid groups (broad SMARTS) is 1. The first-order valence-corrected chi connectivity index (χ1v) is 6.42. The van der Waals surface area contributed by atoms with E-state index >= 15 is 0 Å². The van der Waals surface area contributed by atoms with E-state index in [2.05, 4.69) is 22.0 Å². The first-order chi connectivity index (χ1) is 9.13. The van der Waals surface area contributed by atoms with Crippen molar-refractivity contribution in [2.75, 3.05) is 13.6 Å². The minimum absolute atomic E-state index is 0.224. The van der Waals surface area contributed by atoms with Gasteiger partial charge in [0.05, 0.1) is 5.56 Å². The number of rotatable bonds is 3. The molecule has 3 rings (SSSR count). The fourth-order valence-electron chi connectivity index (χ4n) is 2.59. The topological polar surface area (TPSA) is 70.7 Å². The lowest BCUT2D eigenvalue weighted by Gasteiger charge is -2.17. The molecule has 2 aromatic heterocycles. The van der Waals surface area contributed by atoms with Crippen LogP contribution < -0.4 is 0 Å². The summed E-state index contributed by atoms with van der Waals surface area (Å²) in [6.45, 7) is 1.13. The van der Waals surface area contributed by atoms with Crippen LogP contribution in [0.15, 0.2) is 18.3 Å². The molecule has 0 spiro atoms.